The summed E-state index contributed by atoms with van der Waals surface area (Å²) in [6.45, 7) is 2.62. The smallest absolute Gasteiger partial charge is 0.261 e. The molecule has 5 heteroatoms. The summed E-state index contributed by atoms with van der Waals surface area (Å²) in [5.41, 5.74) is 2.27. The second-order valence-corrected chi connectivity index (χ2v) is 6.30. The Bertz CT molecular complexity index is 520. The number of aryl methyl sites for hydroxylation is 1. The van der Waals surface area contributed by atoms with Gasteiger partial charge in [-0.1, -0.05) is 0 Å². The zero-order valence-corrected chi connectivity index (χ0v) is 12.3. The highest BCUT2D eigenvalue weighted by molar-refractivity contribution is 9.11. The molecule has 2 aromatic rings. The maximum absolute atomic E-state index is 11.9. The van der Waals surface area contributed by atoms with Gasteiger partial charge in [0.2, 0.25) is 0 Å². The highest BCUT2D eigenvalue weighted by Crippen LogP contribution is 2.27. The molecule has 0 aromatic carbocycles. The summed E-state index contributed by atoms with van der Waals surface area (Å²) in [6.07, 6.45) is 4.34. The van der Waals surface area contributed by atoms with Crippen molar-refractivity contribution in [2.45, 2.75) is 13.3 Å². The number of rotatable bonds is 4. The van der Waals surface area contributed by atoms with Gasteiger partial charge in [0, 0.05) is 18.9 Å². The van der Waals surface area contributed by atoms with Crippen molar-refractivity contribution >= 4 is 33.2 Å². The van der Waals surface area contributed by atoms with Gasteiger partial charge >= 0.3 is 0 Å². The topological polar surface area (TPSA) is 42.0 Å². The van der Waals surface area contributed by atoms with Crippen molar-refractivity contribution in [3.05, 3.63) is 50.4 Å². The molecule has 1 amide bonds. The summed E-state index contributed by atoms with van der Waals surface area (Å²) in [7, 11) is 0. The first-order chi connectivity index (χ1) is 8.66. The van der Waals surface area contributed by atoms with E-state index in [1.165, 1.54) is 16.9 Å². The van der Waals surface area contributed by atoms with Crippen LogP contribution in [0.5, 0.6) is 0 Å². The van der Waals surface area contributed by atoms with Crippen LogP contribution in [0.4, 0.5) is 0 Å². The third-order valence-electron chi connectivity index (χ3n) is 2.53. The van der Waals surface area contributed by atoms with Crippen molar-refractivity contribution < 1.29 is 4.79 Å². The lowest BCUT2D eigenvalue weighted by Crippen LogP contribution is -2.24. The van der Waals surface area contributed by atoms with Crippen molar-refractivity contribution in [1.29, 1.82) is 0 Å². The Morgan fingerprint density at radius 3 is 2.78 bits per heavy atom. The Hall–Kier alpha value is -1.20. The molecule has 0 fully saturated rings. The van der Waals surface area contributed by atoms with Crippen LogP contribution in [-0.4, -0.2) is 17.4 Å². The zero-order valence-electron chi connectivity index (χ0n) is 9.94. The van der Waals surface area contributed by atoms with Gasteiger partial charge in [0.1, 0.15) is 0 Å². The van der Waals surface area contributed by atoms with Gasteiger partial charge < -0.3 is 5.32 Å². The second-order valence-electron chi connectivity index (χ2n) is 3.93. The summed E-state index contributed by atoms with van der Waals surface area (Å²) >= 11 is 4.88. The van der Waals surface area contributed by atoms with Gasteiger partial charge in [-0.25, -0.2) is 0 Å². The van der Waals surface area contributed by atoms with E-state index in [9.17, 15) is 4.79 Å². The summed E-state index contributed by atoms with van der Waals surface area (Å²) in [5.74, 6) is -0.0112. The van der Waals surface area contributed by atoms with Crippen LogP contribution in [0.1, 0.15) is 20.8 Å². The predicted octanol–water partition coefficient (Wildman–Crippen LogP) is 3.19. The molecule has 0 bridgehead atoms. The first-order valence-corrected chi connectivity index (χ1v) is 7.21. The highest BCUT2D eigenvalue weighted by Gasteiger charge is 2.10. The molecule has 2 aromatic heterocycles. The van der Waals surface area contributed by atoms with Crippen LogP contribution in [0.2, 0.25) is 0 Å². The van der Waals surface area contributed by atoms with Crippen LogP contribution in [0, 0.1) is 6.92 Å². The van der Waals surface area contributed by atoms with E-state index < -0.39 is 0 Å². The van der Waals surface area contributed by atoms with Crippen LogP contribution in [-0.2, 0) is 6.42 Å². The van der Waals surface area contributed by atoms with Crippen LogP contribution < -0.4 is 5.32 Å². The van der Waals surface area contributed by atoms with E-state index in [1.54, 1.807) is 12.4 Å². The molecule has 1 N–H and O–H groups in total. The molecule has 2 heterocycles. The number of halogens is 1. The van der Waals surface area contributed by atoms with Crippen LogP contribution in [0.3, 0.4) is 0 Å². The first-order valence-electron chi connectivity index (χ1n) is 5.60. The predicted molar refractivity (Wildman–Crippen MR) is 77.0 cm³/mol. The lowest BCUT2D eigenvalue weighted by Gasteiger charge is -2.03. The zero-order chi connectivity index (χ0) is 13.0. The summed E-state index contributed by atoms with van der Waals surface area (Å²) in [5, 5.41) is 2.92. The molecule has 18 heavy (non-hydrogen) atoms. The Morgan fingerprint density at radius 1 is 1.44 bits per heavy atom. The molecule has 0 unspecified atom stereocenters. The monoisotopic (exact) mass is 324 g/mol. The van der Waals surface area contributed by atoms with Gasteiger partial charge in [0.15, 0.2) is 0 Å². The van der Waals surface area contributed by atoms with E-state index in [4.69, 9.17) is 0 Å². The average Bonchev–Trinajstić information content (AvgIpc) is 2.71. The van der Waals surface area contributed by atoms with Crippen LogP contribution >= 0.6 is 27.3 Å². The van der Waals surface area contributed by atoms with Crippen molar-refractivity contribution in [1.82, 2.24) is 10.3 Å². The fourth-order valence-corrected chi connectivity index (χ4v) is 2.98. The maximum atomic E-state index is 11.9. The minimum atomic E-state index is -0.0112. The molecule has 0 aliphatic rings. The van der Waals surface area contributed by atoms with E-state index >= 15 is 0 Å². The fourth-order valence-electron chi connectivity index (χ4n) is 1.53. The molecule has 0 atom stereocenters. The Labute approximate surface area is 118 Å². The number of aromatic nitrogens is 1. The van der Waals surface area contributed by atoms with Crippen molar-refractivity contribution in [2.75, 3.05) is 6.54 Å². The molecular formula is C13H13BrN2OS. The number of carbonyl (C=O) groups excluding carboxylic acids is 1. The Kier molecular flexibility index (Phi) is 4.49. The molecule has 0 saturated carbocycles. The van der Waals surface area contributed by atoms with Gasteiger partial charge in [-0.2, -0.15) is 0 Å². The van der Waals surface area contributed by atoms with E-state index in [-0.39, 0.29) is 5.91 Å². The SMILES string of the molecule is Cc1cc(C(=O)NCCc2ccncc2)sc1Br. The lowest BCUT2D eigenvalue weighted by atomic mass is 10.2. The van der Waals surface area contributed by atoms with E-state index in [1.807, 2.05) is 25.1 Å². The van der Waals surface area contributed by atoms with Gasteiger partial charge in [-0.15, -0.1) is 11.3 Å². The average molecular weight is 325 g/mol. The summed E-state index contributed by atoms with van der Waals surface area (Å²) < 4.78 is 1.02. The number of pyridine rings is 1. The number of hydrogen-bond acceptors (Lipinski definition) is 3. The molecule has 0 aliphatic carbocycles. The number of thiophene rings is 1. The van der Waals surface area contributed by atoms with E-state index in [2.05, 4.69) is 26.2 Å². The molecular weight excluding hydrogens is 312 g/mol. The number of nitrogens with zero attached hydrogens (tertiary/aromatic N) is 1. The largest absolute Gasteiger partial charge is 0.351 e. The van der Waals surface area contributed by atoms with Gasteiger partial charge in [0.25, 0.3) is 5.91 Å². The number of nitrogens with one attached hydrogen (secondary N) is 1. The van der Waals surface area contributed by atoms with Gasteiger partial charge in [0.05, 0.1) is 8.66 Å². The minimum absolute atomic E-state index is 0.0112. The normalized spacial score (nSPS) is 10.3. The van der Waals surface area contributed by atoms with Crippen molar-refractivity contribution in [3.8, 4) is 0 Å². The molecule has 94 valence electrons. The van der Waals surface area contributed by atoms with Gasteiger partial charge in [-0.05, 0) is 58.6 Å². The van der Waals surface area contributed by atoms with Gasteiger partial charge in [-0.3, -0.25) is 9.78 Å². The quantitative estimate of drug-likeness (QED) is 0.938. The minimum Gasteiger partial charge on any atom is -0.351 e. The molecule has 0 saturated heterocycles. The highest BCUT2D eigenvalue weighted by atomic mass is 79.9. The molecule has 0 radical (unpaired) electrons. The third-order valence-corrected chi connectivity index (χ3v) is 4.66. The Morgan fingerprint density at radius 2 is 2.17 bits per heavy atom. The summed E-state index contributed by atoms with van der Waals surface area (Å²) in [6, 6.07) is 5.81. The second kappa shape index (κ2) is 6.11. The molecule has 2 rings (SSSR count). The molecule has 0 spiro atoms. The fraction of sp³-hybridized carbons (Fsp3) is 0.231. The molecule has 0 aliphatic heterocycles. The molecule has 3 nitrogen and oxygen atoms in total. The van der Waals surface area contributed by atoms with E-state index in [0.717, 1.165) is 20.6 Å². The van der Waals surface area contributed by atoms with Crippen molar-refractivity contribution in [2.24, 2.45) is 0 Å². The van der Waals surface area contributed by atoms with Crippen LogP contribution in [0.15, 0.2) is 34.4 Å². The number of hydrogen-bond donors (Lipinski definition) is 1. The third kappa shape index (κ3) is 3.40. The first kappa shape index (κ1) is 13.2. The Balaban J connectivity index is 1.85. The standard InChI is InChI=1S/C13H13BrN2OS/c1-9-8-11(18-12(9)14)13(17)16-7-4-10-2-5-15-6-3-10/h2-3,5-6,8H,4,7H2,1H3,(H,16,17). The van der Waals surface area contributed by atoms with Crippen molar-refractivity contribution in [3.63, 3.8) is 0 Å². The van der Waals surface area contributed by atoms with Crippen LogP contribution in [0.25, 0.3) is 0 Å². The maximum Gasteiger partial charge on any atom is 0.261 e. The summed E-state index contributed by atoms with van der Waals surface area (Å²) in [4.78, 5) is 16.6. The lowest BCUT2D eigenvalue weighted by molar-refractivity contribution is 0.0958. The van der Waals surface area contributed by atoms with E-state index in [0.29, 0.717) is 6.54 Å². The number of amides is 1. The number of carbonyl (C=O) groups is 1.